The Bertz CT molecular complexity index is 297. The highest BCUT2D eigenvalue weighted by molar-refractivity contribution is 7.85. The van der Waals surface area contributed by atoms with Gasteiger partial charge in [-0.05, 0) is 19.3 Å². The Hall–Kier alpha value is -0.620. The van der Waals surface area contributed by atoms with Gasteiger partial charge in [0.25, 0.3) is 10.1 Å². The summed E-state index contributed by atoms with van der Waals surface area (Å²) in [7, 11) is -3.33. The van der Waals surface area contributed by atoms with E-state index in [0.717, 1.165) is 25.5 Å². The van der Waals surface area contributed by atoms with E-state index in [2.05, 4.69) is 4.18 Å². The third-order valence-corrected chi connectivity index (χ3v) is 2.68. The fraction of sp³-hybridized carbons (Fsp3) is 0.909. The van der Waals surface area contributed by atoms with Crippen LogP contribution in [-0.2, 0) is 23.8 Å². The molecule has 0 fully saturated rings. The maximum Gasteiger partial charge on any atom is 0.305 e. The highest BCUT2D eigenvalue weighted by Crippen LogP contribution is 2.03. The quantitative estimate of drug-likeness (QED) is 0.343. The fourth-order valence-electron chi connectivity index (χ4n) is 1.16. The molecular formula is C11H22O5S. The molecule has 5 nitrogen and oxygen atoms in total. The van der Waals surface area contributed by atoms with Crippen molar-refractivity contribution < 1.29 is 22.1 Å². The summed E-state index contributed by atoms with van der Waals surface area (Å²) in [6.07, 6.45) is 5.43. The van der Waals surface area contributed by atoms with Crippen molar-refractivity contribution in [2.75, 3.05) is 19.5 Å². The number of esters is 1. The van der Waals surface area contributed by atoms with E-state index in [1.165, 1.54) is 0 Å². The first kappa shape index (κ1) is 16.4. The summed E-state index contributed by atoms with van der Waals surface area (Å²) in [5, 5.41) is 0. The molecule has 0 heterocycles. The van der Waals surface area contributed by atoms with Gasteiger partial charge in [0.2, 0.25) is 0 Å². The molecule has 0 radical (unpaired) electrons. The van der Waals surface area contributed by atoms with Gasteiger partial charge in [-0.1, -0.05) is 19.8 Å². The first-order valence-electron chi connectivity index (χ1n) is 5.95. The van der Waals surface area contributed by atoms with Crippen LogP contribution in [0.4, 0.5) is 0 Å². The molecule has 17 heavy (non-hydrogen) atoms. The third-order valence-electron chi connectivity index (χ3n) is 2.08. The van der Waals surface area contributed by atoms with Gasteiger partial charge in [-0.25, -0.2) is 0 Å². The summed E-state index contributed by atoms with van der Waals surface area (Å²) in [6, 6.07) is 0. The van der Waals surface area contributed by atoms with Gasteiger partial charge in [0.05, 0.1) is 19.5 Å². The predicted molar refractivity (Wildman–Crippen MR) is 65.1 cm³/mol. The molecule has 0 aliphatic heterocycles. The van der Waals surface area contributed by atoms with E-state index >= 15 is 0 Å². The lowest BCUT2D eigenvalue weighted by Crippen LogP contribution is -2.06. The van der Waals surface area contributed by atoms with Gasteiger partial charge in [0, 0.05) is 6.42 Å². The van der Waals surface area contributed by atoms with E-state index in [1.807, 2.05) is 6.92 Å². The molecule has 0 aliphatic rings. The minimum atomic E-state index is -3.33. The normalized spacial score (nSPS) is 11.4. The molecule has 0 aromatic heterocycles. The lowest BCUT2D eigenvalue weighted by molar-refractivity contribution is -0.143. The lowest BCUT2D eigenvalue weighted by atomic mass is 10.2. The molecule has 0 rings (SSSR count). The number of carbonyl (C=O) groups is 1. The molecule has 0 amide bonds. The number of rotatable bonds is 10. The van der Waals surface area contributed by atoms with Crippen LogP contribution < -0.4 is 0 Å². The van der Waals surface area contributed by atoms with Gasteiger partial charge >= 0.3 is 5.97 Å². The second kappa shape index (κ2) is 9.41. The molecule has 0 aromatic rings. The molecule has 6 heteroatoms. The van der Waals surface area contributed by atoms with E-state index in [4.69, 9.17) is 4.74 Å². The van der Waals surface area contributed by atoms with Crippen LogP contribution in [0.5, 0.6) is 0 Å². The maximum atomic E-state index is 11.2. The van der Waals surface area contributed by atoms with Crippen molar-refractivity contribution in [3.63, 3.8) is 0 Å². The predicted octanol–water partition coefficient (Wildman–Crippen LogP) is 1.87. The van der Waals surface area contributed by atoms with Crippen molar-refractivity contribution in [3.8, 4) is 0 Å². The molecule has 0 aromatic carbocycles. The van der Waals surface area contributed by atoms with E-state index in [9.17, 15) is 13.2 Å². The van der Waals surface area contributed by atoms with E-state index in [-0.39, 0.29) is 12.6 Å². The van der Waals surface area contributed by atoms with Crippen molar-refractivity contribution in [2.45, 2.75) is 45.4 Å². The van der Waals surface area contributed by atoms with Crippen molar-refractivity contribution in [2.24, 2.45) is 0 Å². The lowest BCUT2D eigenvalue weighted by Gasteiger charge is -2.04. The Labute approximate surface area is 104 Å². The second-order valence-electron chi connectivity index (χ2n) is 3.91. The zero-order chi connectivity index (χ0) is 13.1. The van der Waals surface area contributed by atoms with Crippen LogP contribution in [0.25, 0.3) is 0 Å². The van der Waals surface area contributed by atoms with Crippen molar-refractivity contribution in [1.29, 1.82) is 0 Å². The Kier molecular flexibility index (Phi) is 9.07. The minimum absolute atomic E-state index is 0.178. The largest absolute Gasteiger partial charge is 0.466 e. The van der Waals surface area contributed by atoms with Crippen LogP contribution in [0, 0.1) is 0 Å². The van der Waals surface area contributed by atoms with Gasteiger partial charge in [-0.2, -0.15) is 8.42 Å². The number of hydrogen-bond acceptors (Lipinski definition) is 5. The summed E-state index contributed by atoms with van der Waals surface area (Å²) < 4.78 is 30.8. The highest BCUT2D eigenvalue weighted by atomic mass is 32.2. The molecule has 0 bridgehead atoms. The average Bonchev–Trinajstić information content (AvgIpc) is 2.22. The highest BCUT2D eigenvalue weighted by Gasteiger charge is 2.03. The number of ether oxygens (including phenoxy) is 1. The molecule has 0 saturated heterocycles. The standard InChI is InChI=1S/C11H22O5S/c1-3-4-9-15-11(12)8-6-5-7-10-16-17(2,13)14/h3-10H2,1-2H3. The summed E-state index contributed by atoms with van der Waals surface area (Å²) in [4.78, 5) is 11.2. The topological polar surface area (TPSA) is 69.7 Å². The van der Waals surface area contributed by atoms with Crippen LogP contribution in [0.3, 0.4) is 0 Å². The van der Waals surface area contributed by atoms with Crippen molar-refractivity contribution >= 4 is 16.1 Å². The summed E-state index contributed by atoms with van der Waals surface area (Å²) in [5.74, 6) is -0.178. The van der Waals surface area contributed by atoms with Crippen molar-refractivity contribution in [3.05, 3.63) is 0 Å². The van der Waals surface area contributed by atoms with Crippen LogP contribution in [-0.4, -0.2) is 33.9 Å². The molecule has 0 unspecified atom stereocenters. The van der Waals surface area contributed by atoms with Gasteiger partial charge in [-0.3, -0.25) is 8.98 Å². The van der Waals surface area contributed by atoms with Gasteiger partial charge in [0.1, 0.15) is 0 Å². The zero-order valence-electron chi connectivity index (χ0n) is 10.6. The number of carbonyl (C=O) groups excluding carboxylic acids is 1. The second-order valence-corrected chi connectivity index (χ2v) is 5.55. The Balaban J connectivity index is 3.30. The first-order chi connectivity index (χ1) is 7.95. The van der Waals surface area contributed by atoms with E-state index in [0.29, 0.717) is 25.9 Å². The van der Waals surface area contributed by atoms with Crippen LogP contribution >= 0.6 is 0 Å². The molecule has 0 spiro atoms. The Morgan fingerprint density at radius 1 is 1.06 bits per heavy atom. The Morgan fingerprint density at radius 3 is 2.35 bits per heavy atom. The summed E-state index contributed by atoms with van der Waals surface area (Å²) >= 11 is 0. The third kappa shape index (κ3) is 13.3. The van der Waals surface area contributed by atoms with E-state index in [1.54, 1.807) is 0 Å². The van der Waals surface area contributed by atoms with Crippen molar-refractivity contribution in [1.82, 2.24) is 0 Å². The van der Waals surface area contributed by atoms with Gasteiger partial charge in [-0.15, -0.1) is 0 Å². The molecule has 0 aliphatic carbocycles. The smallest absolute Gasteiger partial charge is 0.305 e. The first-order valence-corrected chi connectivity index (χ1v) is 7.77. The van der Waals surface area contributed by atoms with Crippen LogP contribution in [0.2, 0.25) is 0 Å². The van der Waals surface area contributed by atoms with Gasteiger partial charge in [0.15, 0.2) is 0 Å². The molecule has 0 saturated carbocycles. The number of unbranched alkanes of at least 4 members (excludes halogenated alkanes) is 3. The molecular weight excluding hydrogens is 244 g/mol. The average molecular weight is 266 g/mol. The SMILES string of the molecule is CCCCOC(=O)CCCCCOS(C)(=O)=O. The maximum absolute atomic E-state index is 11.2. The monoisotopic (exact) mass is 266 g/mol. The van der Waals surface area contributed by atoms with Crippen LogP contribution in [0.15, 0.2) is 0 Å². The van der Waals surface area contributed by atoms with Crippen LogP contribution in [0.1, 0.15) is 45.4 Å². The number of hydrogen-bond donors (Lipinski definition) is 0. The minimum Gasteiger partial charge on any atom is -0.466 e. The molecule has 0 atom stereocenters. The molecule has 102 valence electrons. The van der Waals surface area contributed by atoms with Gasteiger partial charge < -0.3 is 4.74 Å². The summed E-state index contributed by atoms with van der Waals surface area (Å²) in [5.41, 5.74) is 0. The fourth-order valence-corrected chi connectivity index (χ4v) is 1.58. The van der Waals surface area contributed by atoms with E-state index < -0.39 is 10.1 Å². The summed E-state index contributed by atoms with van der Waals surface area (Å²) in [6.45, 7) is 2.71. The molecule has 0 N–H and O–H groups in total. The Morgan fingerprint density at radius 2 is 1.76 bits per heavy atom. The zero-order valence-corrected chi connectivity index (χ0v) is 11.4.